The van der Waals surface area contributed by atoms with E-state index in [1.165, 1.54) is 5.56 Å². The molecule has 0 amide bonds. The molecule has 1 saturated heterocycles. The molecule has 0 radical (unpaired) electrons. The van der Waals surface area contributed by atoms with E-state index in [9.17, 15) is 4.79 Å². The first-order chi connectivity index (χ1) is 7.72. The Morgan fingerprint density at radius 3 is 2.62 bits per heavy atom. The summed E-state index contributed by atoms with van der Waals surface area (Å²) in [6.07, 6.45) is 0.930. The van der Waals surface area contributed by atoms with Gasteiger partial charge in [0, 0.05) is 0 Å². The van der Waals surface area contributed by atoms with Crippen LogP contribution in [0.3, 0.4) is 0 Å². The molecule has 1 aliphatic rings. The van der Waals surface area contributed by atoms with Gasteiger partial charge in [-0.15, -0.1) is 5.06 Å². The molecule has 1 aromatic rings. The average molecular weight is 219 g/mol. The number of hydrogen-bond acceptors (Lipinski definition) is 3. The van der Waals surface area contributed by atoms with Crippen molar-refractivity contribution in [3.63, 3.8) is 0 Å². The molecule has 0 N–H and O–H groups in total. The molecule has 0 aliphatic carbocycles. The Bertz CT molecular complexity index is 363. The van der Waals surface area contributed by atoms with Gasteiger partial charge in [0.1, 0.15) is 0 Å². The van der Waals surface area contributed by atoms with Gasteiger partial charge in [-0.25, -0.2) is 4.79 Å². The van der Waals surface area contributed by atoms with Crippen LogP contribution in [0, 0.1) is 5.92 Å². The van der Waals surface area contributed by atoms with Crippen molar-refractivity contribution < 1.29 is 9.63 Å². The van der Waals surface area contributed by atoms with E-state index in [4.69, 9.17) is 4.84 Å². The van der Waals surface area contributed by atoms with E-state index < -0.39 is 0 Å². The van der Waals surface area contributed by atoms with Crippen LogP contribution in [-0.4, -0.2) is 17.1 Å². The predicted octanol–water partition coefficient (Wildman–Crippen LogP) is 2.38. The van der Waals surface area contributed by atoms with E-state index >= 15 is 0 Å². The molecule has 2 atom stereocenters. The topological polar surface area (TPSA) is 29.5 Å². The van der Waals surface area contributed by atoms with Crippen LogP contribution in [0.2, 0.25) is 0 Å². The van der Waals surface area contributed by atoms with Crippen molar-refractivity contribution in [2.45, 2.75) is 32.9 Å². The number of carbonyl (C=O) groups is 1. The molecule has 0 spiro atoms. The zero-order valence-corrected chi connectivity index (χ0v) is 9.72. The van der Waals surface area contributed by atoms with Crippen LogP contribution < -0.4 is 0 Å². The minimum absolute atomic E-state index is 0.0197. The van der Waals surface area contributed by atoms with Crippen molar-refractivity contribution in [1.82, 2.24) is 5.06 Å². The standard InChI is InChI=1S/C13H17NO2/c1-3-12-10(2)13(15)16-14(12)9-11-7-5-4-6-8-11/h4-8,10,12H,3,9H2,1-2H3/t10-,12-/m0/s1. The van der Waals surface area contributed by atoms with Gasteiger partial charge >= 0.3 is 5.97 Å². The van der Waals surface area contributed by atoms with E-state index in [1.54, 1.807) is 0 Å². The molecule has 1 aliphatic heterocycles. The van der Waals surface area contributed by atoms with Gasteiger partial charge in [-0.05, 0) is 12.0 Å². The monoisotopic (exact) mass is 219 g/mol. The fourth-order valence-corrected chi connectivity index (χ4v) is 2.14. The fraction of sp³-hybridized carbons (Fsp3) is 0.462. The van der Waals surface area contributed by atoms with Gasteiger partial charge in [0.05, 0.1) is 18.5 Å². The quantitative estimate of drug-likeness (QED) is 0.781. The zero-order valence-electron chi connectivity index (χ0n) is 9.72. The number of carbonyl (C=O) groups excluding carboxylic acids is 1. The number of hydrogen-bond donors (Lipinski definition) is 0. The van der Waals surface area contributed by atoms with Crippen LogP contribution >= 0.6 is 0 Å². The first kappa shape index (κ1) is 11.1. The van der Waals surface area contributed by atoms with Crippen molar-refractivity contribution in [3.05, 3.63) is 35.9 Å². The van der Waals surface area contributed by atoms with Crippen molar-refractivity contribution in [2.75, 3.05) is 0 Å². The number of rotatable bonds is 3. The van der Waals surface area contributed by atoms with Crippen LogP contribution in [0.5, 0.6) is 0 Å². The lowest BCUT2D eigenvalue weighted by Gasteiger charge is -2.21. The predicted molar refractivity (Wildman–Crippen MR) is 61.3 cm³/mol. The highest BCUT2D eigenvalue weighted by Crippen LogP contribution is 2.26. The van der Waals surface area contributed by atoms with Gasteiger partial charge < -0.3 is 4.84 Å². The number of nitrogens with zero attached hydrogens (tertiary/aromatic N) is 1. The Kier molecular flexibility index (Phi) is 3.25. The molecule has 0 aromatic heterocycles. The molecule has 0 bridgehead atoms. The smallest absolute Gasteiger partial charge is 0.329 e. The molecule has 1 fully saturated rings. The molecule has 1 heterocycles. The normalized spacial score (nSPS) is 25.8. The Morgan fingerprint density at radius 1 is 1.31 bits per heavy atom. The average Bonchev–Trinajstić information content (AvgIpc) is 2.56. The second kappa shape index (κ2) is 4.66. The summed E-state index contributed by atoms with van der Waals surface area (Å²) >= 11 is 0. The lowest BCUT2D eigenvalue weighted by atomic mass is 10.0. The molecule has 0 unspecified atom stereocenters. The summed E-state index contributed by atoms with van der Waals surface area (Å²) in [6, 6.07) is 10.3. The largest absolute Gasteiger partial charge is 0.367 e. The molecular weight excluding hydrogens is 202 g/mol. The zero-order chi connectivity index (χ0) is 11.5. The van der Waals surface area contributed by atoms with Gasteiger partial charge in [0.15, 0.2) is 0 Å². The van der Waals surface area contributed by atoms with Crippen LogP contribution in [0.25, 0.3) is 0 Å². The van der Waals surface area contributed by atoms with Crippen LogP contribution in [-0.2, 0) is 16.2 Å². The van der Waals surface area contributed by atoms with E-state index in [0.29, 0.717) is 6.54 Å². The highest BCUT2D eigenvalue weighted by Gasteiger charge is 2.38. The maximum Gasteiger partial charge on any atom is 0.329 e. The van der Waals surface area contributed by atoms with E-state index in [1.807, 2.05) is 42.3 Å². The summed E-state index contributed by atoms with van der Waals surface area (Å²) in [7, 11) is 0. The molecule has 0 saturated carbocycles. The number of benzene rings is 1. The SMILES string of the molecule is CC[C@H]1[C@H](C)C(=O)ON1Cc1ccccc1. The van der Waals surface area contributed by atoms with Gasteiger partial charge in [0.25, 0.3) is 0 Å². The summed E-state index contributed by atoms with van der Waals surface area (Å²) in [5.41, 5.74) is 1.17. The van der Waals surface area contributed by atoms with Crippen LogP contribution in [0.15, 0.2) is 30.3 Å². The molecule has 1 aromatic carbocycles. The van der Waals surface area contributed by atoms with Gasteiger partial charge in [-0.1, -0.05) is 44.2 Å². The Balaban J connectivity index is 2.08. The second-order valence-electron chi connectivity index (χ2n) is 4.24. The van der Waals surface area contributed by atoms with Gasteiger partial charge in [-0.2, -0.15) is 0 Å². The maximum absolute atomic E-state index is 11.5. The lowest BCUT2D eigenvalue weighted by molar-refractivity contribution is -0.178. The third-order valence-electron chi connectivity index (χ3n) is 3.13. The highest BCUT2D eigenvalue weighted by molar-refractivity contribution is 5.74. The summed E-state index contributed by atoms with van der Waals surface area (Å²) in [6.45, 7) is 4.69. The van der Waals surface area contributed by atoms with Crippen LogP contribution in [0.1, 0.15) is 25.8 Å². The first-order valence-corrected chi connectivity index (χ1v) is 5.74. The first-order valence-electron chi connectivity index (χ1n) is 5.74. The Hall–Kier alpha value is -1.35. The van der Waals surface area contributed by atoms with Gasteiger partial charge in [-0.3, -0.25) is 0 Å². The van der Waals surface area contributed by atoms with Crippen molar-refractivity contribution in [1.29, 1.82) is 0 Å². The van der Waals surface area contributed by atoms with Crippen LogP contribution in [0.4, 0.5) is 0 Å². The molecule has 86 valence electrons. The molecule has 2 rings (SSSR count). The third-order valence-corrected chi connectivity index (χ3v) is 3.13. The van der Waals surface area contributed by atoms with Crippen molar-refractivity contribution in [3.8, 4) is 0 Å². The maximum atomic E-state index is 11.5. The second-order valence-corrected chi connectivity index (χ2v) is 4.24. The summed E-state index contributed by atoms with van der Waals surface area (Å²) in [4.78, 5) is 16.8. The molecular formula is C13H17NO2. The minimum atomic E-state index is -0.109. The van der Waals surface area contributed by atoms with E-state index in [0.717, 1.165) is 6.42 Å². The highest BCUT2D eigenvalue weighted by atomic mass is 16.7. The van der Waals surface area contributed by atoms with Gasteiger partial charge in [0.2, 0.25) is 0 Å². The van der Waals surface area contributed by atoms with E-state index in [2.05, 4.69) is 6.92 Å². The van der Waals surface area contributed by atoms with E-state index in [-0.39, 0.29) is 17.9 Å². The minimum Gasteiger partial charge on any atom is -0.367 e. The third kappa shape index (κ3) is 2.09. The summed E-state index contributed by atoms with van der Waals surface area (Å²) in [5.74, 6) is -0.128. The lowest BCUT2D eigenvalue weighted by Crippen LogP contribution is -2.30. The fourth-order valence-electron chi connectivity index (χ4n) is 2.14. The summed E-state index contributed by atoms with van der Waals surface area (Å²) in [5, 5.41) is 1.81. The molecule has 3 nitrogen and oxygen atoms in total. The molecule has 16 heavy (non-hydrogen) atoms. The molecule has 3 heteroatoms. The Labute approximate surface area is 96.0 Å². The number of hydroxylamine groups is 2. The Morgan fingerprint density at radius 2 is 2.00 bits per heavy atom. The van der Waals surface area contributed by atoms with Crippen molar-refractivity contribution >= 4 is 5.97 Å². The van der Waals surface area contributed by atoms with Crippen molar-refractivity contribution in [2.24, 2.45) is 5.92 Å². The summed E-state index contributed by atoms with van der Waals surface area (Å²) < 4.78 is 0.